The number of pyridine rings is 2. The Morgan fingerprint density at radius 2 is 2.04 bits per heavy atom. The molecule has 0 saturated carbocycles. The van der Waals surface area contributed by atoms with Crippen molar-refractivity contribution in [1.29, 1.82) is 0 Å². The quantitative estimate of drug-likeness (QED) is 0.818. The topological polar surface area (TPSA) is 54.9 Å². The molecular weight excluding hydrogens is 306 g/mol. The van der Waals surface area contributed by atoms with Crippen molar-refractivity contribution in [2.24, 2.45) is 5.41 Å². The first-order valence-corrected chi connectivity index (χ1v) is 8.66. The summed E-state index contributed by atoms with van der Waals surface area (Å²) in [5.41, 5.74) is 1.15. The molecule has 5 heteroatoms. The van der Waals surface area contributed by atoms with Crippen molar-refractivity contribution in [1.82, 2.24) is 15.3 Å². The Balaban J connectivity index is 1.98. The van der Waals surface area contributed by atoms with Gasteiger partial charge in [0, 0.05) is 18.6 Å². The van der Waals surface area contributed by atoms with Gasteiger partial charge in [-0.05, 0) is 35.6 Å². The summed E-state index contributed by atoms with van der Waals surface area (Å²) >= 11 is 1.44. The van der Waals surface area contributed by atoms with Crippen LogP contribution in [0.3, 0.4) is 0 Å². The van der Waals surface area contributed by atoms with Crippen LogP contribution in [0.4, 0.5) is 0 Å². The second-order valence-electron chi connectivity index (χ2n) is 6.63. The number of thioether (sulfide) groups is 1. The molecule has 0 aromatic carbocycles. The van der Waals surface area contributed by atoms with Crippen molar-refractivity contribution in [3.8, 4) is 0 Å². The third-order valence-electron chi connectivity index (χ3n) is 3.23. The van der Waals surface area contributed by atoms with Crippen LogP contribution in [0, 0.1) is 5.41 Å². The predicted molar refractivity (Wildman–Crippen MR) is 94.2 cm³/mol. The lowest BCUT2D eigenvalue weighted by atomic mass is 9.86. The molecule has 0 aliphatic carbocycles. The van der Waals surface area contributed by atoms with Gasteiger partial charge >= 0.3 is 0 Å². The predicted octanol–water partition coefficient (Wildman–Crippen LogP) is 3.86. The van der Waals surface area contributed by atoms with Crippen LogP contribution < -0.4 is 5.32 Å². The fourth-order valence-corrected chi connectivity index (χ4v) is 2.93. The molecule has 0 aliphatic rings. The van der Waals surface area contributed by atoms with Gasteiger partial charge in [0.25, 0.3) is 0 Å². The van der Waals surface area contributed by atoms with E-state index in [0.717, 1.165) is 17.0 Å². The summed E-state index contributed by atoms with van der Waals surface area (Å²) in [5, 5.41) is 3.99. The maximum atomic E-state index is 12.3. The molecule has 2 rings (SSSR count). The molecule has 122 valence electrons. The van der Waals surface area contributed by atoms with E-state index in [0.29, 0.717) is 5.75 Å². The molecule has 2 aromatic rings. The lowest BCUT2D eigenvalue weighted by Gasteiger charge is -2.27. The molecule has 23 heavy (non-hydrogen) atoms. The summed E-state index contributed by atoms with van der Waals surface area (Å²) in [6.07, 6.45) is 6.16. The van der Waals surface area contributed by atoms with E-state index in [1.165, 1.54) is 11.8 Å². The van der Waals surface area contributed by atoms with E-state index >= 15 is 0 Å². The minimum atomic E-state index is -0.0273. The van der Waals surface area contributed by atoms with Crippen molar-refractivity contribution >= 4 is 17.7 Å². The fraction of sp³-hybridized carbons (Fsp3) is 0.389. The minimum Gasteiger partial charge on any atom is -0.348 e. The first-order chi connectivity index (χ1) is 10.9. The van der Waals surface area contributed by atoms with Crippen molar-refractivity contribution in [3.63, 3.8) is 0 Å². The third-order valence-corrected chi connectivity index (χ3v) is 4.17. The largest absolute Gasteiger partial charge is 0.348 e. The molecule has 0 radical (unpaired) electrons. The standard InChI is InChI=1S/C18H23N3OS/c1-18(2,3)11-15(14-7-6-9-19-12-14)21-16(22)13-23-17-8-4-5-10-20-17/h4-10,12,15H,11,13H2,1-3H3,(H,21,22). The van der Waals surface area contributed by atoms with Crippen LogP contribution in [0.1, 0.15) is 38.8 Å². The molecule has 2 aromatic heterocycles. The number of nitrogens with zero attached hydrogens (tertiary/aromatic N) is 2. The molecule has 2 heterocycles. The Morgan fingerprint density at radius 1 is 1.22 bits per heavy atom. The number of carbonyl (C=O) groups is 1. The van der Waals surface area contributed by atoms with E-state index in [-0.39, 0.29) is 17.4 Å². The zero-order valence-electron chi connectivity index (χ0n) is 13.8. The van der Waals surface area contributed by atoms with Crippen molar-refractivity contribution < 1.29 is 4.79 Å². The molecule has 1 N–H and O–H groups in total. The molecule has 1 unspecified atom stereocenters. The number of nitrogens with one attached hydrogen (secondary N) is 1. The second kappa shape index (κ2) is 8.11. The molecule has 1 amide bonds. The van der Waals surface area contributed by atoms with E-state index < -0.39 is 0 Å². The van der Waals surface area contributed by atoms with Gasteiger partial charge in [-0.15, -0.1) is 0 Å². The molecule has 0 aliphatic heterocycles. The fourth-order valence-electron chi connectivity index (χ4n) is 2.25. The molecule has 0 saturated heterocycles. The van der Waals surface area contributed by atoms with Crippen LogP contribution in [0.2, 0.25) is 0 Å². The van der Waals surface area contributed by atoms with Gasteiger partial charge in [0.05, 0.1) is 16.8 Å². The van der Waals surface area contributed by atoms with Gasteiger partial charge in [0.15, 0.2) is 0 Å². The average molecular weight is 329 g/mol. The lowest BCUT2D eigenvalue weighted by molar-refractivity contribution is -0.119. The number of aromatic nitrogens is 2. The SMILES string of the molecule is CC(C)(C)CC(NC(=O)CSc1ccccn1)c1cccnc1. The summed E-state index contributed by atoms with van der Waals surface area (Å²) < 4.78 is 0. The lowest BCUT2D eigenvalue weighted by Crippen LogP contribution is -2.32. The second-order valence-corrected chi connectivity index (χ2v) is 7.62. The van der Waals surface area contributed by atoms with Crippen LogP contribution in [-0.4, -0.2) is 21.6 Å². The van der Waals surface area contributed by atoms with E-state index in [1.807, 2.05) is 36.5 Å². The smallest absolute Gasteiger partial charge is 0.230 e. The average Bonchev–Trinajstić information content (AvgIpc) is 2.53. The highest BCUT2D eigenvalue weighted by Gasteiger charge is 2.22. The van der Waals surface area contributed by atoms with Gasteiger partial charge in [0.2, 0.25) is 5.91 Å². The van der Waals surface area contributed by atoms with E-state index in [1.54, 1.807) is 12.4 Å². The van der Waals surface area contributed by atoms with Gasteiger partial charge in [-0.25, -0.2) is 4.98 Å². The first kappa shape index (κ1) is 17.5. The molecule has 0 fully saturated rings. The van der Waals surface area contributed by atoms with Crippen LogP contribution in [0.15, 0.2) is 53.9 Å². The summed E-state index contributed by atoms with van der Waals surface area (Å²) in [7, 11) is 0. The maximum absolute atomic E-state index is 12.3. The Bertz CT molecular complexity index is 611. The van der Waals surface area contributed by atoms with Gasteiger partial charge in [-0.2, -0.15) is 0 Å². The number of rotatable bonds is 6. The Morgan fingerprint density at radius 3 is 2.65 bits per heavy atom. The minimum absolute atomic E-state index is 0.0127. The van der Waals surface area contributed by atoms with Crippen LogP contribution in [0.5, 0.6) is 0 Å². The summed E-state index contributed by atoms with van der Waals surface area (Å²) in [6.45, 7) is 6.52. The first-order valence-electron chi connectivity index (χ1n) is 7.67. The van der Waals surface area contributed by atoms with Crippen LogP contribution in [-0.2, 0) is 4.79 Å². The molecule has 0 spiro atoms. The van der Waals surface area contributed by atoms with E-state index in [4.69, 9.17) is 0 Å². The highest BCUT2D eigenvalue weighted by atomic mass is 32.2. The summed E-state index contributed by atoms with van der Waals surface area (Å²) in [4.78, 5) is 20.7. The van der Waals surface area contributed by atoms with E-state index in [2.05, 4.69) is 36.1 Å². The Labute approximate surface area is 142 Å². The summed E-state index contributed by atoms with van der Waals surface area (Å²) in [6, 6.07) is 9.58. The number of hydrogen-bond acceptors (Lipinski definition) is 4. The number of hydrogen-bond donors (Lipinski definition) is 1. The monoisotopic (exact) mass is 329 g/mol. The number of amides is 1. The molecular formula is C18H23N3OS. The van der Waals surface area contributed by atoms with Gasteiger partial charge in [-0.3, -0.25) is 9.78 Å². The van der Waals surface area contributed by atoms with E-state index in [9.17, 15) is 4.79 Å². The molecule has 4 nitrogen and oxygen atoms in total. The number of carbonyl (C=O) groups excluding carboxylic acids is 1. The third kappa shape index (κ3) is 6.40. The van der Waals surface area contributed by atoms with Crippen molar-refractivity contribution in [2.45, 2.75) is 38.3 Å². The Hall–Kier alpha value is -1.88. The van der Waals surface area contributed by atoms with Crippen LogP contribution >= 0.6 is 11.8 Å². The highest BCUT2D eigenvalue weighted by molar-refractivity contribution is 7.99. The maximum Gasteiger partial charge on any atom is 0.230 e. The van der Waals surface area contributed by atoms with Crippen molar-refractivity contribution in [3.05, 3.63) is 54.5 Å². The van der Waals surface area contributed by atoms with Gasteiger partial charge < -0.3 is 5.32 Å². The van der Waals surface area contributed by atoms with Crippen molar-refractivity contribution in [2.75, 3.05) is 5.75 Å². The normalized spacial score (nSPS) is 12.7. The molecule has 0 bridgehead atoms. The zero-order chi connectivity index (χ0) is 16.7. The van der Waals surface area contributed by atoms with Crippen LogP contribution in [0.25, 0.3) is 0 Å². The Kier molecular flexibility index (Phi) is 6.16. The van der Waals surface area contributed by atoms with Gasteiger partial charge in [0.1, 0.15) is 0 Å². The summed E-state index contributed by atoms with van der Waals surface area (Å²) in [5.74, 6) is 0.372. The molecule has 1 atom stereocenters. The highest BCUT2D eigenvalue weighted by Crippen LogP contribution is 2.29. The van der Waals surface area contributed by atoms with Gasteiger partial charge in [-0.1, -0.05) is 44.7 Å². The zero-order valence-corrected chi connectivity index (χ0v) is 14.6.